The van der Waals surface area contributed by atoms with Gasteiger partial charge in [0, 0.05) is 6.04 Å². The van der Waals surface area contributed by atoms with Gasteiger partial charge in [-0.05, 0) is 32.5 Å². The quantitative estimate of drug-likeness (QED) is 0.696. The monoisotopic (exact) mass is 354 g/mol. The Labute approximate surface area is 146 Å². The number of anilines is 1. The summed E-state index contributed by atoms with van der Waals surface area (Å²) in [5.74, 6) is -0.786. The highest BCUT2D eigenvalue weighted by molar-refractivity contribution is 6.33. The Hall–Kier alpha value is -2.12. The highest BCUT2D eigenvalue weighted by Gasteiger charge is 2.14. The van der Waals surface area contributed by atoms with E-state index in [-0.39, 0.29) is 25.0 Å². The molecular formula is C16H23ClN4O3. The molecule has 8 heteroatoms. The van der Waals surface area contributed by atoms with Gasteiger partial charge in [0.05, 0.1) is 23.8 Å². The van der Waals surface area contributed by atoms with Crippen LogP contribution in [0.4, 0.5) is 10.5 Å². The number of imide groups is 1. The van der Waals surface area contributed by atoms with E-state index in [1.807, 2.05) is 13.8 Å². The minimum atomic E-state index is -0.539. The van der Waals surface area contributed by atoms with Crippen molar-refractivity contribution in [2.24, 2.45) is 0 Å². The normalized spacial score (nSPS) is 11.7. The molecule has 132 valence electrons. The lowest BCUT2D eigenvalue weighted by molar-refractivity contribution is -0.122. The maximum Gasteiger partial charge on any atom is 0.321 e. The van der Waals surface area contributed by atoms with Gasteiger partial charge in [0.1, 0.15) is 0 Å². The van der Waals surface area contributed by atoms with Crippen molar-refractivity contribution in [3.63, 3.8) is 0 Å². The molecule has 0 bridgehead atoms. The Morgan fingerprint density at radius 3 is 2.42 bits per heavy atom. The summed E-state index contributed by atoms with van der Waals surface area (Å²) in [6, 6.07) is 6.32. The van der Waals surface area contributed by atoms with E-state index in [0.717, 1.165) is 6.42 Å². The van der Waals surface area contributed by atoms with Gasteiger partial charge in [-0.3, -0.25) is 19.8 Å². The number of amides is 4. The number of carbonyl (C=O) groups is 3. The smallest absolute Gasteiger partial charge is 0.321 e. The Balaban J connectivity index is 2.38. The molecule has 0 aliphatic rings. The molecule has 0 fully saturated rings. The number of nitrogens with zero attached hydrogens (tertiary/aromatic N) is 1. The fourth-order valence-electron chi connectivity index (χ4n) is 1.83. The number of likely N-dealkylation sites (N-methyl/N-ethyl adjacent to an activating group) is 1. The Morgan fingerprint density at radius 1 is 1.17 bits per heavy atom. The number of benzene rings is 1. The molecule has 4 amide bonds. The third kappa shape index (κ3) is 7.43. The third-order valence-corrected chi connectivity index (χ3v) is 3.55. The molecule has 0 aliphatic carbocycles. The molecule has 1 aromatic carbocycles. The lowest BCUT2D eigenvalue weighted by Gasteiger charge is -2.17. The lowest BCUT2D eigenvalue weighted by Crippen LogP contribution is -2.47. The summed E-state index contributed by atoms with van der Waals surface area (Å²) in [4.78, 5) is 36.7. The summed E-state index contributed by atoms with van der Waals surface area (Å²) in [5, 5.41) is 7.96. The van der Waals surface area contributed by atoms with Crippen LogP contribution in [0.5, 0.6) is 0 Å². The van der Waals surface area contributed by atoms with Crippen LogP contribution in [0.2, 0.25) is 5.02 Å². The van der Waals surface area contributed by atoms with Crippen LogP contribution in [0, 0.1) is 0 Å². The van der Waals surface area contributed by atoms with Crippen molar-refractivity contribution in [1.82, 2.24) is 15.5 Å². The summed E-state index contributed by atoms with van der Waals surface area (Å²) in [7, 11) is 1.61. The van der Waals surface area contributed by atoms with E-state index >= 15 is 0 Å². The largest absolute Gasteiger partial charge is 0.335 e. The molecule has 1 atom stereocenters. The van der Waals surface area contributed by atoms with E-state index in [9.17, 15) is 14.4 Å². The predicted molar refractivity (Wildman–Crippen MR) is 94.0 cm³/mol. The van der Waals surface area contributed by atoms with Crippen LogP contribution in [-0.4, -0.2) is 48.9 Å². The van der Waals surface area contributed by atoms with E-state index < -0.39 is 11.9 Å². The fourth-order valence-corrected chi connectivity index (χ4v) is 2.01. The summed E-state index contributed by atoms with van der Waals surface area (Å²) in [6.07, 6.45) is 0.768. The predicted octanol–water partition coefficient (Wildman–Crippen LogP) is 1.83. The number of urea groups is 1. The first-order valence-electron chi connectivity index (χ1n) is 7.65. The van der Waals surface area contributed by atoms with Crippen LogP contribution in [0.15, 0.2) is 24.3 Å². The molecule has 0 aliphatic heterocycles. The Morgan fingerprint density at radius 2 is 1.79 bits per heavy atom. The van der Waals surface area contributed by atoms with Crippen LogP contribution in [0.3, 0.4) is 0 Å². The Kier molecular flexibility index (Phi) is 8.21. The van der Waals surface area contributed by atoms with Gasteiger partial charge in [-0.1, -0.05) is 30.7 Å². The highest BCUT2D eigenvalue weighted by Crippen LogP contribution is 2.20. The number of halogens is 1. The summed E-state index contributed by atoms with van der Waals surface area (Å²) >= 11 is 5.96. The maximum atomic E-state index is 11.9. The zero-order chi connectivity index (χ0) is 18.1. The first-order chi connectivity index (χ1) is 11.3. The summed E-state index contributed by atoms with van der Waals surface area (Å²) < 4.78 is 0. The summed E-state index contributed by atoms with van der Waals surface area (Å²) in [6.45, 7) is 3.68. The zero-order valence-corrected chi connectivity index (χ0v) is 14.8. The molecule has 0 saturated heterocycles. The first-order valence-corrected chi connectivity index (χ1v) is 8.02. The van der Waals surface area contributed by atoms with Crippen molar-refractivity contribution in [1.29, 1.82) is 0 Å². The average molecular weight is 355 g/mol. The average Bonchev–Trinajstić information content (AvgIpc) is 2.48. The highest BCUT2D eigenvalue weighted by atomic mass is 35.5. The van der Waals surface area contributed by atoms with E-state index in [4.69, 9.17) is 11.6 Å². The zero-order valence-electron chi connectivity index (χ0n) is 14.1. The first kappa shape index (κ1) is 19.9. The molecule has 3 N–H and O–H groups in total. The van der Waals surface area contributed by atoms with Crippen LogP contribution in [0.25, 0.3) is 0 Å². The van der Waals surface area contributed by atoms with Crippen LogP contribution < -0.4 is 16.0 Å². The van der Waals surface area contributed by atoms with Gasteiger partial charge < -0.3 is 10.6 Å². The van der Waals surface area contributed by atoms with Crippen molar-refractivity contribution in [2.75, 3.05) is 25.5 Å². The molecule has 0 saturated carbocycles. The maximum absolute atomic E-state index is 11.9. The van der Waals surface area contributed by atoms with E-state index in [0.29, 0.717) is 10.7 Å². The number of hydrogen-bond acceptors (Lipinski definition) is 4. The van der Waals surface area contributed by atoms with Gasteiger partial charge in [-0.2, -0.15) is 0 Å². The molecule has 7 nitrogen and oxygen atoms in total. The minimum Gasteiger partial charge on any atom is -0.335 e. The van der Waals surface area contributed by atoms with Gasteiger partial charge in [0.25, 0.3) is 0 Å². The number of hydrogen-bond donors (Lipinski definition) is 3. The number of rotatable bonds is 7. The number of nitrogens with one attached hydrogen (secondary N) is 3. The molecule has 24 heavy (non-hydrogen) atoms. The molecule has 1 rings (SSSR count). The van der Waals surface area contributed by atoms with Crippen LogP contribution in [-0.2, 0) is 9.59 Å². The van der Waals surface area contributed by atoms with Gasteiger partial charge in [0.2, 0.25) is 11.8 Å². The molecule has 0 aromatic heterocycles. The van der Waals surface area contributed by atoms with E-state index in [1.165, 1.54) is 4.90 Å². The van der Waals surface area contributed by atoms with Crippen molar-refractivity contribution in [3.05, 3.63) is 29.3 Å². The second kappa shape index (κ2) is 9.89. The van der Waals surface area contributed by atoms with Crippen LogP contribution in [0.1, 0.15) is 20.3 Å². The van der Waals surface area contributed by atoms with Crippen molar-refractivity contribution in [3.8, 4) is 0 Å². The van der Waals surface area contributed by atoms with Gasteiger partial charge in [-0.25, -0.2) is 4.79 Å². The summed E-state index contributed by atoms with van der Waals surface area (Å²) in [5.41, 5.74) is 0.509. The topological polar surface area (TPSA) is 90.5 Å². The van der Waals surface area contributed by atoms with E-state index in [1.54, 1.807) is 31.3 Å². The van der Waals surface area contributed by atoms with Crippen molar-refractivity contribution < 1.29 is 14.4 Å². The SMILES string of the molecule is CC[C@H](C)NC(=O)NC(=O)CN(C)CC(=O)Nc1ccccc1Cl. The third-order valence-electron chi connectivity index (χ3n) is 3.22. The fraction of sp³-hybridized carbons (Fsp3) is 0.438. The molecular weight excluding hydrogens is 332 g/mol. The second-order valence-corrected chi connectivity index (χ2v) is 5.94. The van der Waals surface area contributed by atoms with E-state index in [2.05, 4.69) is 16.0 Å². The molecule has 0 spiro atoms. The molecule has 0 radical (unpaired) electrons. The number of para-hydroxylation sites is 1. The minimum absolute atomic E-state index is 0.00831. The number of carbonyl (C=O) groups excluding carboxylic acids is 3. The molecule has 1 aromatic rings. The van der Waals surface area contributed by atoms with Gasteiger partial charge in [-0.15, -0.1) is 0 Å². The standard InChI is InChI=1S/C16H23ClN4O3/c1-4-11(2)18-16(24)20-15(23)10-21(3)9-14(22)19-13-8-6-5-7-12(13)17/h5-8,11H,4,9-10H2,1-3H3,(H,19,22)(H2,18,20,23,24)/t11-/m0/s1. The lowest BCUT2D eigenvalue weighted by atomic mass is 10.3. The van der Waals surface area contributed by atoms with Crippen molar-refractivity contribution >= 4 is 35.1 Å². The van der Waals surface area contributed by atoms with Crippen molar-refractivity contribution in [2.45, 2.75) is 26.3 Å². The molecule has 0 heterocycles. The van der Waals surface area contributed by atoms with Gasteiger partial charge in [0.15, 0.2) is 0 Å². The molecule has 0 unspecified atom stereocenters. The van der Waals surface area contributed by atoms with Crippen LogP contribution >= 0.6 is 11.6 Å². The second-order valence-electron chi connectivity index (χ2n) is 5.53. The Bertz CT molecular complexity index is 594. The van der Waals surface area contributed by atoms with Gasteiger partial charge >= 0.3 is 6.03 Å².